The number of halogens is 1. The molecule has 2 aromatic rings. The molecule has 2 rings (SSSR count). The van der Waals surface area contributed by atoms with E-state index in [9.17, 15) is 9.18 Å². The van der Waals surface area contributed by atoms with Gasteiger partial charge in [-0.05, 0) is 12.1 Å². The summed E-state index contributed by atoms with van der Waals surface area (Å²) in [7, 11) is 2.77. The van der Waals surface area contributed by atoms with Gasteiger partial charge >= 0.3 is 5.97 Å². The van der Waals surface area contributed by atoms with Crippen LogP contribution in [0.15, 0.2) is 18.2 Å². The van der Waals surface area contributed by atoms with Gasteiger partial charge in [-0.1, -0.05) is 5.21 Å². The van der Waals surface area contributed by atoms with Crippen molar-refractivity contribution in [2.24, 2.45) is 0 Å². The van der Waals surface area contributed by atoms with Gasteiger partial charge in [0.1, 0.15) is 5.69 Å². The Labute approximate surface area is 113 Å². The zero-order chi connectivity index (χ0) is 14.7. The Bertz CT molecular complexity index is 642. The van der Waals surface area contributed by atoms with Gasteiger partial charge in [0, 0.05) is 13.2 Å². The lowest BCUT2D eigenvalue weighted by Gasteiger charge is -2.08. The fourth-order valence-electron chi connectivity index (χ4n) is 1.73. The second-order valence-electron chi connectivity index (χ2n) is 3.85. The van der Waals surface area contributed by atoms with E-state index in [-0.39, 0.29) is 23.7 Å². The van der Waals surface area contributed by atoms with E-state index in [1.807, 2.05) is 0 Å². The van der Waals surface area contributed by atoms with Crippen molar-refractivity contribution in [3.05, 3.63) is 35.4 Å². The summed E-state index contributed by atoms with van der Waals surface area (Å²) in [5.74, 6) is -1.72. The highest BCUT2D eigenvalue weighted by molar-refractivity contribution is 5.86. The molecule has 1 aromatic heterocycles. The lowest BCUT2D eigenvalue weighted by atomic mass is 10.2. The summed E-state index contributed by atoms with van der Waals surface area (Å²) in [6.07, 6.45) is 0. The first-order valence-corrected chi connectivity index (χ1v) is 5.59. The number of carboxylic acids is 1. The number of rotatable bonds is 5. The first kappa shape index (κ1) is 13.9. The van der Waals surface area contributed by atoms with E-state index in [4.69, 9.17) is 14.6 Å². The molecule has 0 aliphatic rings. The van der Waals surface area contributed by atoms with Crippen LogP contribution in [-0.4, -0.2) is 40.3 Å². The molecule has 0 unspecified atom stereocenters. The van der Waals surface area contributed by atoms with E-state index in [1.165, 1.54) is 31.0 Å². The molecule has 20 heavy (non-hydrogen) atoms. The van der Waals surface area contributed by atoms with Crippen molar-refractivity contribution in [1.82, 2.24) is 15.0 Å². The minimum absolute atomic E-state index is 0.0116. The van der Waals surface area contributed by atoms with Gasteiger partial charge in [0.2, 0.25) is 0 Å². The van der Waals surface area contributed by atoms with Crippen molar-refractivity contribution >= 4 is 5.97 Å². The van der Waals surface area contributed by atoms with Crippen LogP contribution < -0.4 is 4.74 Å². The Morgan fingerprint density at radius 2 is 2.20 bits per heavy atom. The van der Waals surface area contributed by atoms with Crippen LogP contribution >= 0.6 is 0 Å². The van der Waals surface area contributed by atoms with Gasteiger partial charge in [-0.2, -0.15) is 0 Å². The highest BCUT2D eigenvalue weighted by Crippen LogP contribution is 2.21. The average Bonchev–Trinajstić information content (AvgIpc) is 2.83. The van der Waals surface area contributed by atoms with Crippen LogP contribution in [0.1, 0.15) is 16.2 Å². The summed E-state index contributed by atoms with van der Waals surface area (Å²) in [6, 6.07) is 4.14. The number of ether oxygens (including phenoxy) is 2. The average molecular weight is 281 g/mol. The quantitative estimate of drug-likeness (QED) is 0.887. The number of carbonyl (C=O) groups is 1. The van der Waals surface area contributed by atoms with Crippen LogP contribution in [0.25, 0.3) is 5.69 Å². The fraction of sp³-hybridized carbons (Fsp3) is 0.250. The Balaban J connectivity index is 2.52. The highest BCUT2D eigenvalue weighted by Gasteiger charge is 2.20. The van der Waals surface area contributed by atoms with Crippen molar-refractivity contribution in [2.75, 3.05) is 14.2 Å². The van der Waals surface area contributed by atoms with Gasteiger partial charge in [-0.15, -0.1) is 5.10 Å². The predicted molar refractivity (Wildman–Crippen MR) is 65.5 cm³/mol. The molecule has 1 heterocycles. The first-order chi connectivity index (χ1) is 9.58. The Morgan fingerprint density at radius 1 is 1.45 bits per heavy atom. The van der Waals surface area contributed by atoms with Crippen LogP contribution in [0.5, 0.6) is 5.75 Å². The summed E-state index contributed by atoms with van der Waals surface area (Å²) >= 11 is 0. The number of nitrogens with zero attached hydrogens (tertiary/aromatic N) is 3. The molecule has 8 heteroatoms. The molecule has 0 bridgehead atoms. The van der Waals surface area contributed by atoms with Crippen molar-refractivity contribution in [3.63, 3.8) is 0 Å². The summed E-state index contributed by atoms with van der Waals surface area (Å²) in [6.45, 7) is -0.0116. The molecule has 1 aromatic carbocycles. The molecule has 106 valence electrons. The SMILES string of the molecule is COCc1c(C(=O)O)nnn1-c1ccc(OC)c(F)c1. The maximum absolute atomic E-state index is 13.7. The number of aromatic carboxylic acids is 1. The monoisotopic (exact) mass is 281 g/mol. The maximum Gasteiger partial charge on any atom is 0.358 e. The van der Waals surface area contributed by atoms with E-state index >= 15 is 0 Å². The number of methoxy groups -OCH3 is 2. The molecular formula is C12H12FN3O4. The molecule has 0 radical (unpaired) electrons. The second-order valence-corrected chi connectivity index (χ2v) is 3.85. The van der Waals surface area contributed by atoms with Crippen LogP contribution in [-0.2, 0) is 11.3 Å². The number of hydrogen-bond acceptors (Lipinski definition) is 5. The first-order valence-electron chi connectivity index (χ1n) is 5.59. The third kappa shape index (κ3) is 2.45. The molecular weight excluding hydrogens is 269 g/mol. The summed E-state index contributed by atoms with van der Waals surface area (Å²) < 4.78 is 24.7. The zero-order valence-corrected chi connectivity index (χ0v) is 10.8. The van der Waals surface area contributed by atoms with Crippen LogP contribution in [0.4, 0.5) is 4.39 Å². The molecule has 0 spiro atoms. The van der Waals surface area contributed by atoms with E-state index in [1.54, 1.807) is 6.07 Å². The minimum atomic E-state index is -1.22. The van der Waals surface area contributed by atoms with Crippen molar-refractivity contribution < 1.29 is 23.8 Å². The third-order valence-electron chi connectivity index (χ3n) is 2.63. The van der Waals surface area contributed by atoms with Crippen LogP contribution in [0.2, 0.25) is 0 Å². The van der Waals surface area contributed by atoms with Gasteiger partial charge in [0.05, 0.1) is 19.4 Å². The van der Waals surface area contributed by atoms with E-state index in [2.05, 4.69) is 10.3 Å². The van der Waals surface area contributed by atoms with E-state index < -0.39 is 11.8 Å². The van der Waals surface area contributed by atoms with Crippen molar-refractivity contribution in [1.29, 1.82) is 0 Å². The lowest BCUT2D eigenvalue weighted by Crippen LogP contribution is -2.08. The maximum atomic E-state index is 13.7. The standard InChI is InChI=1S/C12H12FN3O4/c1-19-6-9-11(12(17)18)14-15-16(9)7-3-4-10(20-2)8(13)5-7/h3-5H,6H2,1-2H3,(H,17,18). The minimum Gasteiger partial charge on any atom is -0.494 e. The summed E-state index contributed by atoms with van der Waals surface area (Å²) in [5.41, 5.74) is 0.322. The number of benzene rings is 1. The van der Waals surface area contributed by atoms with Gasteiger partial charge in [-0.3, -0.25) is 0 Å². The number of carboxylic acid groups (broad SMARTS) is 1. The van der Waals surface area contributed by atoms with Crippen LogP contribution in [0.3, 0.4) is 0 Å². The van der Waals surface area contributed by atoms with Crippen LogP contribution in [0, 0.1) is 5.82 Å². The zero-order valence-electron chi connectivity index (χ0n) is 10.8. The molecule has 7 nitrogen and oxygen atoms in total. The van der Waals surface area contributed by atoms with Gasteiger partial charge < -0.3 is 14.6 Å². The second kappa shape index (κ2) is 5.66. The largest absolute Gasteiger partial charge is 0.494 e. The number of aromatic nitrogens is 3. The van der Waals surface area contributed by atoms with Crippen molar-refractivity contribution in [3.8, 4) is 11.4 Å². The molecule has 0 saturated heterocycles. The molecule has 0 saturated carbocycles. The Morgan fingerprint density at radius 3 is 2.75 bits per heavy atom. The predicted octanol–water partition coefficient (Wildman–Crippen LogP) is 1.26. The third-order valence-corrected chi connectivity index (χ3v) is 2.63. The van der Waals surface area contributed by atoms with E-state index in [0.717, 1.165) is 0 Å². The molecule has 0 amide bonds. The Hall–Kier alpha value is -2.48. The Kier molecular flexibility index (Phi) is 3.94. The van der Waals surface area contributed by atoms with Gasteiger partial charge in [0.15, 0.2) is 17.3 Å². The normalized spacial score (nSPS) is 10.6. The highest BCUT2D eigenvalue weighted by atomic mass is 19.1. The molecule has 0 atom stereocenters. The van der Waals surface area contributed by atoms with Crippen molar-refractivity contribution in [2.45, 2.75) is 6.61 Å². The summed E-state index contributed by atoms with van der Waals surface area (Å²) in [5, 5.41) is 16.3. The topological polar surface area (TPSA) is 86.5 Å². The molecule has 0 aliphatic carbocycles. The summed E-state index contributed by atoms with van der Waals surface area (Å²) in [4.78, 5) is 11.0. The molecule has 0 fully saturated rings. The fourth-order valence-corrected chi connectivity index (χ4v) is 1.73. The molecule has 1 N–H and O–H groups in total. The molecule has 0 aliphatic heterocycles. The lowest BCUT2D eigenvalue weighted by molar-refractivity contribution is 0.0685. The number of hydrogen-bond donors (Lipinski definition) is 1. The van der Waals surface area contributed by atoms with Gasteiger partial charge in [0.25, 0.3) is 0 Å². The van der Waals surface area contributed by atoms with Gasteiger partial charge in [-0.25, -0.2) is 13.9 Å². The smallest absolute Gasteiger partial charge is 0.358 e. The van der Waals surface area contributed by atoms with E-state index in [0.29, 0.717) is 5.69 Å².